The summed E-state index contributed by atoms with van der Waals surface area (Å²) in [5.41, 5.74) is 5.29. The van der Waals surface area contributed by atoms with Gasteiger partial charge in [-0.2, -0.15) is 0 Å². The van der Waals surface area contributed by atoms with Crippen molar-refractivity contribution in [2.75, 3.05) is 6.54 Å². The zero-order chi connectivity index (χ0) is 7.66. The van der Waals surface area contributed by atoms with Gasteiger partial charge in [-0.05, 0) is 19.4 Å². The molecule has 0 rings (SSSR count). The lowest BCUT2D eigenvalue weighted by atomic mass is 10.2. The fraction of sp³-hybridized carbons (Fsp3) is 0.556. The molecule has 0 aromatic rings. The molecule has 1 heteroatoms. The highest BCUT2D eigenvalue weighted by Crippen LogP contribution is 1.87. The summed E-state index contributed by atoms with van der Waals surface area (Å²) in [6.07, 6.45) is 5.77. The largest absolute Gasteiger partial charge is 0.330 e. The van der Waals surface area contributed by atoms with Crippen molar-refractivity contribution in [3.8, 4) is 11.8 Å². The zero-order valence-corrected chi connectivity index (χ0v) is 6.40. The molecule has 0 aromatic carbocycles. The third-order valence-corrected chi connectivity index (χ3v) is 1.10. The maximum Gasteiger partial charge on any atom is 0.0123 e. The molecule has 0 saturated heterocycles. The lowest BCUT2D eigenvalue weighted by Crippen LogP contribution is -1.96. The van der Waals surface area contributed by atoms with E-state index in [4.69, 9.17) is 5.73 Å². The van der Waals surface area contributed by atoms with Crippen molar-refractivity contribution in [3.63, 3.8) is 0 Å². The van der Waals surface area contributed by atoms with Crippen LogP contribution in [0.4, 0.5) is 0 Å². The lowest BCUT2D eigenvalue weighted by molar-refractivity contribution is 0.868. The van der Waals surface area contributed by atoms with Crippen LogP contribution in [-0.4, -0.2) is 6.54 Å². The Balaban J connectivity index is 3.06. The molecule has 0 amide bonds. The number of hydrogen-bond acceptors (Lipinski definition) is 1. The predicted octanol–water partition coefficient (Wildman–Crippen LogP) is 1.69. The van der Waals surface area contributed by atoms with E-state index in [0.717, 1.165) is 32.2 Å². The number of nitrogens with two attached hydrogens (primary N) is 1. The van der Waals surface area contributed by atoms with Crippen LogP contribution < -0.4 is 5.73 Å². The Bertz CT molecular complexity index is 127. The quantitative estimate of drug-likeness (QED) is 0.356. The van der Waals surface area contributed by atoms with Crippen LogP contribution in [-0.2, 0) is 0 Å². The summed E-state index contributed by atoms with van der Waals surface area (Å²) in [7, 11) is 0. The van der Waals surface area contributed by atoms with E-state index in [1.807, 2.05) is 6.08 Å². The van der Waals surface area contributed by atoms with Gasteiger partial charge in [-0.15, -0.1) is 18.4 Å². The first-order chi connectivity index (χ1) is 4.91. The molecule has 0 aliphatic carbocycles. The fourth-order valence-corrected chi connectivity index (χ4v) is 0.541. The van der Waals surface area contributed by atoms with E-state index in [0.29, 0.717) is 0 Å². The summed E-state index contributed by atoms with van der Waals surface area (Å²) in [6.45, 7) is 4.35. The second-order valence-corrected chi connectivity index (χ2v) is 2.07. The molecule has 0 aliphatic rings. The first kappa shape index (κ1) is 9.26. The van der Waals surface area contributed by atoms with Crippen molar-refractivity contribution < 1.29 is 0 Å². The highest BCUT2D eigenvalue weighted by Gasteiger charge is 1.75. The summed E-state index contributed by atoms with van der Waals surface area (Å²) >= 11 is 0. The van der Waals surface area contributed by atoms with Crippen molar-refractivity contribution in [3.05, 3.63) is 12.7 Å². The minimum Gasteiger partial charge on any atom is -0.330 e. The molecule has 0 aromatic heterocycles. The predicted molar refractivity (Wildman–Crippen MR) is 45.5 cm³/mol. The maximum atomic E-state index is 5.29. The minimum absolute atomic E-state index is 0.746. The number of rotatable bonds is 4. The topological polar surface area (TPSA) is 26.0 Å². The molecule has 0 spiro atoms. The van der Waals surface area contributed by atoms with Gasteiger partial charge in [0, 0.05) is 12.8 Å². The van der Waals surface area contributed by atoms with Gasteiger partial charge in [0.2, 0.25) is 0 Å². The Kier molecular flexibility index (Phi) is 7.65. The molecule has 0 atom stereocenters. The summed E-state index contributed by atoms with van der Waals surface area (Å²) < 4.78 is 0. The third-order valence-electron chi connectivity index (χ3n) is 1.10. The van der Waals surface area contributed by atoms with Crippen LogP contribution >= 0.6 is 0 Å². The molecular formula is C9H15N. The van der Waals surface area contributed by atoms with E-state index in [9.17, 15) is 0 Å². The lowest BCUT2D eigenvalue weighted by Gasteiger charge is -1.84. The van der Waals surface area contributed by atoms with Crippen molar-refractivity contribution in [2.45, 2.75) is 25.7 Å². The normalized spacial score (nSPS) is 8.10. The SMILES string of the molecule is C=CCCC#CCCCN. The van der Waals surface area contributed by atoms with Crippen LogP contribution in [0.2, 0.25) is 0 Å². The van der Waals surface area contributed by atoms with E-state index >= 15 is 0 Å². The van der Waals surface area contributed by atoms with E-state index in [1.54, 1.807) is 0 Å². The summed E-state index contributed by atoms with van der Waals surface area (Å²) in [6, 6.07) is 0. The van der Waals surface area contributed by atoms with Crippen molar-refractivity contribution >= 4 is 0 Å². The summed E-state index contributed by atoms with van der Waals surface area (Å²) in [5.74, 6) is 6.09. The molecule has 56 valence electrons. The van der Waals surface area contributed by atoms with Gasteiger partial charge in [-0.25, -0.2) is 0 Å². The molecule has 1 nitrogen and oxygen atoms in total. The number of unbranched alkanes of at least 4 members (excludes halogenated alkanes) is 2. The van der Waals surface area contributed by atoms with E-state index < -0.39 is 0 Å². The monoisotopic (exact) mass is 137 g/mol. The first-order valence-corrected chi connectivity index (χ1v) is 3.68. The van der Waals surface area contributed by atoms with Gasteiger partial charge in [0.05, 0.1) is 0 Å². The van der Waals surface area contributed by atoms with E-state index in [-0.39, 0.29) is 0 Å². The molecule has 2 N–H and O–H groups in total. The van der Waals surface area contributed by atoms with Crippen LogP contribution in [0.3, 0.4) is 0 Å². The van der Waals surface area contributed by atoms with Crippen LogP contribution in [0.15, 0.2) is 12.7 Å². The molecule has 0 bridgehead atoms. The van der Waals surface area contributed by atoms with Gasteiger partial charge in [0.15, 0.2) is 0 Å². The summed E-state index contributed by atoms with van der Waals surface area (Å²) in [4.78, 5) is 0. The van der Waals surface area contributed by atoms with Crippen molar-refractivity contribution in [1.29, 1.82) is 0 Å². The zero-order valence-electron chi connectivity index (χ0n) is 6.40. The second kappa shape index (κ2) is 8.26. The smallest absolute Gasteiger partial charge is 0.0123 e. The van der Waals surface area contributed by atoms with Crippen molar-refractivity contribution in [1.82, 2.24) is 0 Å². The van der Waals surface area contributed by atoms with Gasteiger partial charge in [-0.1, -0.05) is 6.08 Å². The maximum absolute atomic E-state index is 5.29. The first-order valence-electron chi connectivity index (χ1n) is 3.68. The van der Waals surface area contributed by atoms with Gasteiger partial charge in [0.1, 0.15) is 0 Å². The Morgan fingerprint density at radius 2 is 2.00 bits per heavy atom. The Hall–Kier alpha value is -0.740. The van der Waals surface area contributed by atoms with E-state index in [2.05, 4.69) is 18.4 Å². The van der Waals surface area contributed by atoms with Crippen LogP contribution in [0.25, 0.3) is 0 Å². The molecule has 0 fully saturated rings. The minimum atomic E-state index is 0.746. The van der Waals surface area contributed by atoms with Gasteiger partial charge in [0.25, 0.3) is 0 Å². The molecule has 0 unspecified atom stereocenters. The van der Waals surface area contributed by atoms with Crippen molar-refractivity contribution in [2.24, 2.45) is 5.73 Å². The fourth-order valence-electron chi connectivity index (χ4n) is 0.541. The molecular weight excluding hydrogens is 122 g/mol. The summed E-state index contributed by atoms with van der Waals surface area (Å²) in [5, 5.41) is 0. The molecule has 0 radical (unpaired) electrons. The average molecular weight is 137 g/mol. The van der Waals surface area contributed by atoms with Crippen LogP contribution in [0.5, 0.6) is 0 Å². The van der Waals surface area contributed by atoms with Gasteiger partial charge >= 0.3 is 0 Å². The van der Waals surface area contributed by atoms with Gasteiger partial charge in [-0.3, -0.25) is 0 Å². The standard InChI is InChI=1S/C9H15N/c1-2-3-4-5-6-7-8-9-10/h2H,1,3-4,7-10H2. The van der Waals surface area contributed by atoms with E-state index in [1.165, 1.54) is 0 Å². The van der Waals surface area contributed by atoms with Crippen LogP contribution in [0, 0.1) is 11.8 Å². The van der Waals surface area contributed by atoms with Crippen LogP contribution in [0.1, 0.15) is 25.7 Å². The second-order valence-electron chi connectivity index (χ2n) is 2.07. The molecule has 0 saturated carbocycles. The van der Waals surface area contributed by atoms with Gasteiger partial charge < -0.3 is 5.73 Å². The molecule has 10 heavy (non-hydrogen) atoms. The number of allylic oxidation sites excluding steroid dienone is 1. The Morgan fingerprint density at radius 3 is 2.60 bits per heavy atom. The highest BCUT2D eigenvalue weighted by atomic mass is 14.5. The molecule has 0 aliphatic heterocycles. The Labute approximate surface area is 63.3 Å². The third kappa shape index (κ3) is 7.26. The molecule has 0 heterocycles. The average Bonchev–Trinajstić information content (AvgIpc) is 1.97. The Morgan fingerprint density at radius 1 is 1.30 bits per heavy atom. The number of hydrogen-bond donors (Lipinski definition) is 1. The highest BCUT2D eigenvalue weighted by molar-refractivity contribution is 4.99.